The number of esters is 1. The van der Waals surface area contributed by atoms with Crippen LogP contribution in [-0.4, -0.2) is 36.0 Å². The zero-order chi connectivity index (χ0) is 26.2. The van der Waals surface area contributed by atoms with Crippen molar-refractivity contribution < 1.29 is 23.9 Å². The fourth-order valence-corrected chi connectivity index (χ4v) is 6.24. The third kappa shape index (κ3) is 4.35. The van der Waals surface area contributed by atoms with Crippen LogP contribution in [0.25, 0.3) is 10.8 Å². The van der Waals surface area contributed by atoms with E-state index in [0.29, 0.717) is 43.0 Å². The minimum absolute atomic E-state index is 0.141. The Morgan fingerprint density at radius 1 is 1.03 bits per heavy atom. The zero-order valence-corrected chi connectivity index (χ0v) is 21.5. The molecule has 0 aliphatic carbocycles. The molecule has 2 aliphatic heterocycles. The number of carbonyl (C=O) groups excluding carboxylic acids is 3. The van der Waals surface area contributed by atoms with E-state index in [4.69, 9.17) is 9.47 Å². The number of ether oxygens (including phenoxy) is 2. The lowest BCUT2D eigenvalue weighted by Crippen LogP contribution is -2.39. The molecule has 0 bridgehead atoms. The van der Waals surface area contributed by atoms with Crippen molar-refractivity contribution in [3.8, 4) is 5.75 Å². The Morgan fingerprint density at radius 2 is 1.82 bits per heavy atom. The van der Waals surface area contributed by atoms with E-state index < -0.39 is 12.1 Å². The van der Waals surface area contributed by atoms with E-state index in [1.165, 1.54) is 11.3 Å². The maximum absolute atomic E-state index is 13.1. The molecule has 2 amide bonds. The summed E-state index contributed by atoms with van der Waals surface area (Å²) in [6, 6.07) is 20.3. The van der Waals surface area contributed by atoms with Crippen molar-refractivity contribution in [2.75, 3.05) is 18.5 Å². The van der Waals surface area contributed by atoms with E-state index in [9.17, 15) is 14.4 Å². The van der Waals surface area contributed by atoms with Crippen LogP contribution in [0.15, 0.2) is 66.7 Å². The van der Waals surface area contributed by atoms with Crippen LogP contribution in [-0.2, 0) is 17.7 Å². The third-order valence-electron chi connectivity index (χ3n) is 6.79. The predicted molar refractivity (Wildman–Crippen MR) is 145 cm³/mol. The first kappa shape index (κ1) is 24.0. The fraction of sp³-hybridized carbons (Fsp3) is 0.207. The molecule has 38 heavy (non-hydrogen) atoms. The third-order valence-corrected chi connectivity index (χ3v) is 7.94. The summed E-state index contributed by atoms with van der Waals surface area (Å²) >= 11 is 1.50. The zero-order valence-electron chi connectivity index (χ0n) is 20.7. The number of amides is 2. The number of thiophene rings is 1. The molecule has 3 heterocycles. The van der Waals surface area contributed by atoms with Crippen LogP contribution >= 0.6 is 11.3 Å². The SMILES string of the molecule is CCOC(=O)N1CCc2c(sc3c2C(=O)N[C@H](c2ccc(OC(=O)c4cccc5ccccc45)cc2)N3)C1. The summed E-state index contributed by atoms with van der Waals surface area (Å²) in [5.41, 5.74) is 2.98. The Bertz CT molecular complexity index is 1560. The molecule has 9 heteroatoms. The van der Waals surface area contributed by atoms with Crippen molar-refractivity contribution in [3.05, 3.63) is 93.9 Å². The van der Waals surface area contributed by atoms with Gasteiger partial charge in [-0.3, -0.25) is 4.79 Å². The van der Waals surface area contributed by atoms with Gasteiger partial charge in [0.05, 0.1) is 24.3 Å². The molecule has 0 unspecified atom stereocenters. The Balaban J connectivity index is 1.17. The minimum Gasteiger partial charge on any atom is -0.450 e. The second-order valence-electron chi connectivity index (χ2n) is 9.11. The maximum Gasteiger partial charge on any atom is 0.410 e. The molecule has 2 aliphatic rings. The molecule has 2 N–H and O–H groups in total. The molecule has 1 aromatic heterocycles. The van der Waals surface area contributed by atoms with E-state index in [1.54, 1.807) is 30.0 Å². The minimum atomic E-state index is -0.431. The number of anilines is 1. The van der Waals surface area contributed by atoms with E-state index in [2.05, 4.69) is 10.6 Å². The number of nitrogens with one attached hydrogen (secondary N) is 2. The highest BCUT2D eigenvalue weighted by atomic mass is 32.1. The highest BCUT2D eigenvalue weighted by molar-refractivity contribution is 7.16. The summed E-state index contributed by atoms with van der Waals surface area (Å²) in [5, 5.41) is 9.05. The van der Waals surface area contributed by atoms with Gasteiger partial charge in [0.1, 0.15) is 16.9 Å². The molecule has 0 radical (unpaired) electrons. The van der Waals surface area contributed by atoms with Crippen LogP contribution in [0.1, 0.15) is 49.8 Å². The van der Waals surface area contributed by atoms with Crippen molar-refractivity contribution in [3.63, 3.8) is 0 Å². The van der Waals surface area contributed by atoms with Gasteiger partial charge in [-0.05, 0) is 53.4 Å². The first-order valence-electron chi connectivity index (χ1n) is 12.5. The van der Waals surface area contributed by atoms with Gasteiger partial charge in [-0.25, -0.2) is 9.59 Å². The Morgan fingerprint density at radius 3 is 2.63 bits per heavy atom. The van der Waals surface area contributed by atoms with Crippen molar-refractivity contribution in [1.29, 1.82) is 0 Å². The molecule has 0 saturated carbocycles. The molecule has 8 nitrogen and oxygen atoms in total. The molecule has 6 rings (SSSR count). The quantitative estimate of drug-likeness (QED) is 0.269. The smallest absolute Gasteiger partial charge is 0.410 e. The Hall–Kier alpha value is -4.37. The number of carbonyl (C=O) groups is 3. The highest BCUT2D eigenvalue weighted by Crippen LogP contribution is 2.41. The monoisotopic (exact) mass is 527 g/mol. The second kappa shape index (κ2) is 9.83. The van der Waals surface area contributed by atoms with Gasteiger partial charge in [0.15, 0.2) is 0 Å². The molecular formula is C29H25N3O5S. The lowest BCUT2D eigenvalue weighted by molar-refractivity contribution is 0.0736. The van der Waals surface area contributed by atoms with E-state index in [1.807, 2.05) is 48.5 Å². The number of benzene rings is 3. The summed E-state index contributed by atoms with van der Waals surface area (Å²) in [6.45, 7) is 3.07. The average Bonchev–Trinajstić information content (AvgIpc) is 3.31. The van der Waals surface area contributed by atoms with E-state index >= 15 is 0 Å². The average molecular weight is 528 g/mol. The predicted octanol–water partition coefficient (Wildman–Crippen LogP) is 5.49. The fourth-order valence-electron chi connectivity index (χ4n) is 4.95. The van der Waals surface area contributed by atoms with E-state index in [0.717, 1.165) is 31.8 Å². The van der Waals surface area contributed by atoms with Crippen LogP contribution in [0, 0.1) is 0 Å². The van der Waals surface area contributed by atoms with Crippen molar-refractivity contribution >= 4 is 45.1 Å². The molecular weight excluding hydrogens is 502 g/mol. The summed E-state index contributed by atoms with van der Waals surface area (Å²) in [7, 11) is 0. The summed E-state index contributed by atoms with van der Waals surface area (Å²) < 4.78 is 10.8. The van der Waals surface area contributed by atoms with Gasteiger partial charge < -0.3 is 25.0 Å². The van der Waals surface area contributed by atoms with Gasteiger partial charge in [0, 0.05) is 11.4 Å². The molecule has 3 aromatic carbocycles. The van der Waals surface area contributed by atoms with Gasteiger partial charge in [0.2, 0.25) is 0 Å². The summed E-state index contributed by atoms with van der Waals surface area (Å²) in [5.74, 6) is -0.151. The topological polar surface area (TPSA) is 97.0 Å². The standard InChI is InChI=1S/C29H25N3O5S/c1-2-36-29(35)32-15-14-22-23(16-32)38-27-24(22)26(33)30-25(31-27)18-10-12-19(13-11-18)37-28(34)21-9-5-7-17-6-3-4-8-20(17)21/h3-13,25,31H,2,14-16H2,1H3,(H,30,33)/t25-/m0/s1. The lowest BCUT2D eigenvalue weighted by atomic mass is 10.0. The molecule has 0 spiro atoms. The van der Waals surface area contributed by atoms with Gasteiger partial charge in [0.25, 0.3) is 5.91 Å². The van der Waals surface area contributed by atoms with Crippen molar-refractivity contribution in [2.45, 2.75) is 26.1 Å². The highest BCUT2D eigenvalue weighted by Gasteiger charge is 2.34. The normalized spacial score (nSPS) is 16.2. The number of rotatable bonds is 4. The summed E-state index contributed by atoms with van der Waals surface area (Å²) in [4.78, 5) is 40.8. The number of fused-ring (bicyclic) bond motifs is 4. The molecule has 1 atom stereocenters. The largest absolute Gasteiger partial charge is 0.450 e. The van der Waals surface area contributed by atoms with Gasteiger partial charge in [-0.15, -0.1) is 11.3 Å². The first-order valence-corrected chi connectivity index (χ1v) is 13.3. The number of hydrogen-bond donors (Lipinski definition) is 2. The van der Waals surface area contributed by atoms with Crippen LogP contribution < -0.4 is 15.4 Å². The van der Waals surface area contributed by atoms with Gasteiger partial charge in [-0.2, -0.15) is 0 Å². The summed E-state index contributed by atoms with van der Waals surface area (Å²) in [6.07, 6.45) is -0.156. The Kier molecular flexibility index (Phi) is 6.21. The number of nitrogens with zero attached hydrogens (tertiary/aromatic N) is 1. The van der Waals surface area contributed by atoms with Crippen LogP contribution in [0.3, 0.4) is 0 Å². The maximum atomic E-state index is 13.1. The van der Waals surface area contributed by atoms with Crippen molar-refractivity contribution in [2.24, 2.45) is 0 Å². The molecule has 192 valence electrons. The Labute approximate surface area is 223 Å². The molecule has 0 saturated heterocycles. The van der Waals surface area contributed by atoms with Crippen LogP contribution in [0.2, 0.25) is 0 Å². The second-order valence-corrected chi connectivity index (χ2v) is 10.2. The lowest BCUT2D eigenvalue weighted by Gasteiger charge is -2.28. The molecule has 0 fully saturated rings. The van der Waals surface area contributed by atoms with Crippen LogP contribution in [0.4, 0.5) is 9.80 Å². The van der Waals surface area contributed by atoms with Crippen molar-refractivity contribution in [1.82, 2.24) is 10.2 Å². The number of hydrogen-bond acceptors (Lipinski definition) is 7. The van der Waals surface area contributed by atoms with Gasteiger partial charge in [-0.1, -0.05) is 48.5 Å². The molecule has 4 aromatic rings. The van der Waals surface area contributed by atoms with E-state index in [-0.39, 0.29) is 12.0 Å². The van der Waals surface area contributed by atoms with Crippen LogP contribution in [0.5, 0.6) is 5.75 Å². The first-order chi connectivity index (χ1) is 18.5. The van der Waals surface area contributed by atoms with Gasteiger partial charge >= 0.3 is 12.1 Å².